The number of aromatic nitrogens is 1. The number of nitrogens with one attached hydrogen (secondary N) is 1. The van der Waals surface area contributed by atoms with E-state index in [9.17, 15) is 13.2 Å². The van der Waals surface area contributed by atoms with E-state index >= 15 is 0 Å². The zero-order valence-corrected chi connectivity index (χ0v) is 17.1. The van der Waals surface area contributed by atoms with E-state index in [1.54, 1.807) is 36.4 Å². The Morgan fingerprint density at radius 3 is 2.45 bits per heavy atom. The number of rotatable bonds is 5. The summed E-state index contributed by atoms with van der Waals surface area (Å²) in [5.74, 6) is -0.413. The SMILES string of the molecule is CN(c1ccccc1)S(=O)(=O)c1cccc(C(=O)Nc2nc3ccccc3s2)c1. The number of sulfonamides is 1. The highest BCUT2D eigenvalue weighted by Crippen LogP contribution is 2.26. The van der Waals surface area contributed by atoms with Gasteiger partial charge in [0, 0.05) is 12.6 Å². The summed E-state index contributed by atoms with van der Waals surface area (Å²) in [5, 5.41) is 3.21. The Kier molecular flexibility index (Phi) is 5.04. The van der Waals surface area contributed by atoms with Crippen LogP contribution in [0.1, 0.15) is 10.4 Å². The predicted molar refractivity (Wildman–Crippen MR) is 116 cm³/mol. The maximum absolute atomic E-state index is 13.0. The van der Waals surface area contributed by atoms with Crippen LogP contribution in [0.2, 0.25) is 0 Å². The molecule has 4 rings (SSSR count). The zero-order chi connectivity index (χ0) is 20.4. The van der Waals surface area contributed by atoms with Crippen molar-refractivity contribution in [3.05, 3.63) is 84.4 Å². The van der Waals surface area contributed by atoms with Crippen LogP contribution in [0.5, 0.6) is 0 Å². The number of benzene rings is 3. The largest absolute Gasteiger partial charge is 0.298 e. The van der Waals surface area contributed by atoms with Crippen molar-refractivity contribution in [2.75, 3.05) is 16.7 Å². The molecule has 1 N–H and O–H groups in total. The molecule has 0 atom stereocenters. The van der Waals surface area contributed by atoms with Gasteiger partial charge in [0.1, 0.15) is 0 Å². The first-order chi connectivity index (χ1) is 13.9. The van der Waals surface area contributed by atoms with E-state index in [1.807, 2.05) is 30.3 Å². The molecule has 146 valence electrons. The van der Waals surface area contributed by atoms with Crippen molar-refractivity contribution in [1.82, 2.24) is 4.98 Å². The molecule has 0 radical (unpaired) electrons. The van der Waals surface area contributed by atoms with E-state index in [0.717, 1.165) is 10.2 Å². The summed E-state index contributed by atoms with van der Waals surface area (Å²) in [7, 11) is -2.32. The van der Waals surface area contributed by atoms with Gasteiger partial charge in [-0.15, -0.1) is 0 Å². The predicted octanol–water partition coefficient (Wildman–Crippen LogP) is 4.37. The number of thiazole rings is 1. The normalized spacial score (nSPS) is 11.3. The molecular weight excluding hydrogens is 406 g/mol. The standard InChI is InChI=1S/C21H17N3O3S2/c1-24(16-9-3-2-4-10-16)29(26,27)17-11-7-8-15(14-17)20(25)23-21-22-18-12-5-6-13-19(18)28-21/h2-14H,1H3,(H,22,23,25). The number of carbonyl (C=O) groups excluding carboxylic acids is 1. The van der Waals surface area contributed by atoms with Crippen LogP contribution in [-0.2, 0) is 10.0 Å². The molecule has 1 amide bonds. The Bertz CT molecular complexity index is 1250. The van der Waals surface area contributed by atoms with Crippen LogP contribution in [0.3, 0.4) is 0 Å². The van der Waals surface area contributed by atoms with E-state index in [1.165, 1.54) is 34.8 Å². The average molecular weight is 424 g/mol. The molecule has 8 heteroatoms. The molecule has 0 bridgehead atoms. The number of carbonyl (C=O) groups is 1. The first-order valence-electron chi connectivity index (χ1n) is 8.76. The van der Waals surface area contributed by atoms with Crippen LogP contribution in [0.4, 0.5) is 10.8 Å². The van der Waals surface area contributed by atoms with E-state index in [-0.39, 0.29) is 10.5 Å². The van der Waals surface area contributed by atoms with Crippen molar-refractivity contribution in [3.8, 4) is 0 Å². The lowest BCUT2D eigenvalue weighted by Gasteiger charge is -2.19. The number of hydrogen-bond donors (Lipinski definition) is 1. The van der Waals surface area contributed by atoms with Gasteiger partial charge in [-0.1, -0.05) is 47.7 Å². The average Bonchev–Trinajstić information content (AvgIpc) is 3.16. The fraction of sp³-hybridized carbons (Fsp3) is 0.0476. The molecule has 0 fully saturated rings. The van der Waals surface area contributed by atoms with Crippen molar-refractivity contribution in [2.24, 2.45) is 0 Å². The maximum Gasteiger partial charge on any atom is 0.264 e. The molecule has 0 saturated heterocycles. The second-order valence-electron chi connectivity index (χ2n) is 6.28. The Morgan fingerprint density at radius 1 is 0.966 bits per heavy atom. The van der Waals surface area contributed by atoms with Crippen LogP contribution in [-0.4, -0.2) is 26.4 Å². The molecule has 4 aromatic rings. The Labute approximate surface area is 172 Å². The van der Waals surface area contributed by atoms with Crippen LogP contribution in [0, 0.1) is 0 Å². The fourth-order valence-corrected chi connectivity index (χ4v) is 4.93. The van der Waals surface area contributed by atoms with Gasteiger partial charge in [-0.2, -0.15) is 0 Å². The second kappa shape index (κ2) is 7.65. The van der Waals surface area contributed by atoms with Crippen molar-refractivity contribution in [2.45, 2.75) is 4.90 Å². The summed E-state index contributed by atoms with van der Waals surface area (Å²) in [5.41, 5.74) is 1.58. The smallest absolute Gasteiger partial charge is 0.264 e. The van der Waals surface area contributed by atoms with Gasteiger partial charge in [0.15, 0.2) is 5.13 Å². The number of hydrogen-bond acceptors (Lipinski definition) is 5. The molecule has 0 aliphatic carbocycles. The number of anilines is 2. The number of amides is 1. The van der Waals surface area contributed by atoms with Gasteiger partial charge in [0.2, 0.25) is 0 Å². The second-order valence-corrected chi connectivity index (χ2v) is 9.28. The van der Waals surface area contributed by atoms with Gasteiger partial charge in [-0.25, -0.2) is 13.4 Å². The van der Waals surface area contributed by atoms with Gasteiger partial charge in [-0.05, 0) is 42.5 Å². The monoisotopic (exact) mass is 423 g/mol. The first-order valence-corrected chi connectivity index (χ1v) is 11.0. The maximum atomic E-state index is 13.0. The molecule has 3 aromatic carbocycles. The Hall–Kier alpha value is -3.23. The lowest BCUT2D eigenvalue weighted by molar-refractivity contribution is 0.102. The molecular formula is C21H17N3O3S2. The summed E-state index contributed by atoms with van der Waals surface area (Å²) < 4.78 is 28.1. The highest BCUT2D eigenvalue weighted by molar-refractivity contribution is 7.92. The van der Waals surface area contributed by atoms with E-state index < -0.39 is 15.9 Å². The molecule has 0 saturated carbocycles. The molecule has 6 nitrogen and oxygen atoms in total. The van der Waals surface area contributed by atoms with Crippen molar-refractivity contribution < 1.29 is 13.2 Å². The lowest BCUT2D eigenvalue weighted by Crippen LogP contribution is -2.26. The zero-order valence-electron chi connectivity index (χ0n) is 15.4. The minimum absolute atomic E-state index is 0.0424. The Balaban J connectivity index is 1.60. The van der Waals surface area contributed by atoms with Gasteiger partial charge in [-0.3, -0.25) is 14.4 Å². The van der Waals surface area contributed by atoms with E-state index in [0.29, 0.717) is 10.8 Å². The van der Waals surface area contributed by atoms with Gasteiger partial charge < -0.3 is 0 Å². The Morgan fingerprint density at radius 2 is 1.69 bits per heavy atom. The van der Waals surface area contributed by atoms with Crippen molar-refractivity contribution >= 4 is 48.3 Å². The number of fused-ring (bicyclic) bond motifs is 1. The van der Waals surface area contributed by atoms with Gasteiger partial charge >= 0.3 is 0 Å². The molecule has 0 aliphatic heterocycles. The highest BCUT2D eigenvalue weighted by Gasteiger charge is 2.22. The van der Waals surface area contributed by atoms with Crippen molar-refractivity contribution in [3.63, 3.8) is 0 Å². The van der Waals surface area contributed by atoms with Crippen LogP contribution in [0.15, 0.2) is 83.8 Å². The third kappa shape index (κ3) is 3.85. The molecule has 1 aromatic heterocycles. The number of nitrogens with zero attached hydrogens (tertiary/aromatic N) is 2. The number of para-hydroxylation sites is 2. The summed E-state index contributed by atoms with van der Waals surface area (Å²) in [6.45, 7) is 0. The topological polar surface area (TPSA) is 79.4 Å². The van der Waals surface area contributed by atoms with Crippen LogP contribution in [0.25, 0.3) is 10.2 Å². The minimum atomic E-state index is -3.80. The molecule has 0 spiro atoms. The quantitative estimate of drug-likeness (QED) is 0.517. The van der Waals surface area contributed by atoms with E-state index in [4.69, 9.17) is 0 Å². The summed E-state index contributed by atoms with van der Waals surface area (Å²) in [6.07, 6.45) is 0. The third-order valence-electron chi connectivity index (χ3n) is 4.39. The summed E-state index contributed by atoms with van der Waals surface area (Å²) >= 11 is 1.36. The lowest BCUT2D eigenvalue weighted by atomic mass is 10.2. The molecule has 1 heterocycles. The van der Waals surface area contributed by atoms with E-state index in [2.05, 4.69) is 10.3 Å². The molecule has 0 aliphatic rings. The van der Waals surface area contributed by atoms with Crippen LogP contribution >= 0.6 is 11.3 Å². The highest BCUT2D eigenvalue weighted by atomic mass is 32.2. The third-order valence-corrected chi connectivity index (χ3v) is 7.12. The summed E-state index contributed by atoms with van der Waals surface area (Å²) in [4.78, 5) is 17.1. The van der Waals surface area contributed by atoms with Gasteiger partial charge in [0.05, 0.1) is 20.8 Å². The van der Waals surface area contributed by atoms with Gasteiger partial charge in [0.25, 0.3) is 15.9 Å². The summed E-state index contributed by atoms with van der Waals surface area (Å²) in [6, 6.07) is 22.3. The first kappa shape index (κ1) is 19.1. The van der Waals surface area contributed by atoms with Crippen LogP contribution < -0.4 is 9.62 Å². The van der Waals surface area contributed by atoms with Crippen molar-refractivity contribution in [1.29, 1.82) is 0 Å². The minimum Gasteiger partial charge on any atom is -0.298 e. The molecule has 29 heavy (non-hydrogen) atoms. The molecule has 0 unspecified atom stereocenters. The fourth-order valence-electron chi connectivity index (χ4n) is 2.83.